The third-order valence-electron chi connectivity index (χ3n) is 3.47. The Morgan fingerprint density at radius 1 is 1.26 bits per heavy atom. The van der Waals surface area contributed by atoms with Crippen molar-refractivity contribution in [2.24, 2.45) is 5.10 Å². The minimum atomic E-state index is -0.451. The predicted octanol–water partition coefficient (Wildman–Crippen LogP) is 3.38. The molecule has 0 aliphatic heterocycles. The molecular weight excluding hydrogens is 366 g/mol. The number of nitrogens with zero attached hydrogens (tertiary/aromatic N) is 3. The zero-order chi connectivity index (χ0) is 19.1. The second-order valence-corrected chi connectivity index (χ2v) is 6.30. The number of aromatic nitrogens is 2. The zero-order valence-electron chi connectivity index (χ0n) is 14.0. The number of hydrazone groups is 1. The fourth-order valence-corrected chi connectivity index (χ4v) is 2.94. The molecule has 1 aromatic heterocycles. The van der Waals surface area contributed by atoms with E-state index in [9.17, 15) is 14.9 Å². The van der Waals surface area contributed by atoms with Gasteiger partial charge in [0.15, 0.2) is 5.16 Å². The Bertz CT molecular complexity index is 996. The summed E-state index contributed by atoms with van der Waals surface area (Å²) in [5, 5.41) is 15.4. The van der Waals surface area contributed by atoms with E-state index in [0.29, 0.717) is 10.7 Å². The number of nitrogens with one attached hydrogen (secondary N) is 2. The van der Waals surface area contributed by atoms with Crippen molar-refractivity contribution >= 4 is 46.7 Å². The highest BCUT2D eigenvalue weighted by atomic mass is 32.2. The summed E-state index contributed by atoms with van der Waals surface area (Å²) in [5.74, 6) is -0.124. The van der Waals surface area contributed by atoms with Crippen molar-refractivity contribution in [3.8, 4) is 0 Å². The van der Waals surface area contributed by atoms with Crippen molar-refractivity contribution < 1.29 is 9.72 Å². The first kappa shape index (κ1) is 18.3. The summed E-state index contributed by atoms with van der Waals surface area (Å²) in [5.41, 5.74) is 4.62. The minimum absolute atomic E-state index is 0.00780. The van der Waals surface area contributed by atoms with E-state index < -0.39 is 4.92 Å². The van der Waals surface area contributed by atoms with Crippen LogP contribution in [0.3, 0.4) is 0 Å². The van der Waals surface area contributed by atoms with Crippen molar-refractivity contribution in [3.63, 3.8) is 0 Å². The number of para-hydroxylation sites is 3. The van der Waals surface area contributed by atoms with Crippen LogP contribution in [0.4, 0.5) is 5.69 Å². The maximum atomic E-state index is 11.8. The lowest BCUT2D eigenvalue weighted by molar-refractivity contribution is -0.385. The Labute approximate surface area is 158 Å². The van der Waals surface area contributed by atoms with Crippen molar-refractivity contribution in [2.75, 3.05) is 5.75 Å². The van der Waals surface area contributed by atoms with Crippen molar-refractivity contribution in [1.82, 2.24) is 15.4 Å². The largest absolute Gasteiger partial charge is 0.333 e. The molecule has 0 bridgehead atoms. The van der Waals surface area contributed by atoms with Gasteiger partial charge in [-0.25, -0.2) is 10.4 Å². The highest BCUT2D eigenvalue weighted by molar-refractivity contribution is 7.99. The normalized spacial score (nSPS) is 11.4. The van der Waals surface area contributed by atoms with Crippen LogP contribution < -0.4 is 5.43 Å². The molecule has 136 valence electrons. The van der Waals surface area contributed by atoms with Crippen LogP contribution in [0.2, 0.25) is 0 Å². The molecule has 2 aromatic carbocycles. The lowest BCUT2D eigenvalue weighted by Crippen LogP contribution is -2.19. The number of amides is 1. The van der Waals surface area contributed by atoms with Crippen LogP contribution >= 0.6 is 11.8 Å². The monoisotopic (exact) mass is 381 g/mol. The van der Waals surface area contributed by atoms with Crippen molar-refractivity contribution in [1.29, 1.82) is 0 Å². The number of aromatic amines is 1. The van der Waals surface area contributed by atoms with Gasteiger partial charge < -0.3 is 4.98 Å². The molecule has 0 fully saturated rings. The number of nitro groups is 1. The van der Waals surface area contributed by atoms with Gasteiger partial charge in [0.05, 0.1) is 27.3 Å². The zero-order valence-corrected chi connectivity index (χ0v) is 14.8. The van der Waals surface area contributed by atoms with Crippen LogP contribution in [-0.4, -0.2) is 32.8 Å². The number of rotatable bonds is 7. The summed E-state index contributed by atoms with van der Waals surface area (Å²) in [6.07, 6.45) is 4.44. The summed E-state index contributed by atoms with van der Waals surface area (Å²) >= 11 is 1.27. The molecule has 0 unspecified atom stereocenters. The Kier molecular flexibility index (Phi) is 5.95. The molecule has 0 spiro atoms. The summed E-state index contributed by atoms with van der Waals surface area (Å²) in [6.45, 7) is 0. The van der Waals surface area contributed by atoms with E-state index in [1.54, 1.807) is 24.3 Å². The van der Waals surface area contributed by atoms with Crippen LogP contribution in [-0.2, 0) is 4.79 Å². The Hall–Kier alpha value is -3.46. The lowest BCUT2D eigenvalue weighted by atomic mass is 10.2. The minimum Gasteiger partial charge on any atom is -0.333 e. The third kappa shape index (κ3) is 5.02. The van der Waals surface area contributed by atoms with Crippen LogP contribution in [0.5, 0.6) is 0 Å². The molecule has 0 saturated heterocycles. The molecule has 8 nitrogen and oxygen atoms in total. The molecule has 0 aliphatic carbocycles. The maximum absolute atomic E-state index is 11.8. The van der Waals surface area contributed by atoms with E-state index in [1.165, 1.54) is 30.1 Å². The Morgan fingerprint density at radius 3 is 2.85 bits per heavy atom. The number of thioether (sulfide) groups is 1. The molecule has 3 rings (SSSR count). The van der Waals surface area contributed by atoms with E-state index >= 15 is 0 Å². The highest BCUT2D eigenvalue weighted by Gasteiger charge is 2.08. The number of nitro benzene ring substituents is 1. The van der Waals surface area contributed by atoms with Crippen LogP contribution in [0.15, 0.2) is 64.9 Å². The van der Waals surface area contributed by atoms with Gasteiger partial charge >= 0.3 is 0 Å². The molecule has 3 aromatic rings. The lowest BCUT2D eigenvalue weighted by Gasteiger charge is -1.97. The molecule has 0 atom stereocenters. The molecule has 1 amide bonds. The first-order valence-electron chi connectivity index (χ1n) is 7.93. The second-order valence-electron chi connectivity index (χ2n) is 5.34. The Morgan fingerprint density at radius 2 is 2.04 bits per heavy atom. The predicted molar refractivity (Wildman–Crippen MR) is 106 cm³/mol. The number of carbonyl (C=O) groups excluding carboxylic acids is 1. The molecular formula is C18H15N5O3S. The number of H-pyrrole nitrogens is 1. The maximum Gasteiger partial charge on any atom is 0.276 e. The van der Waals surface area contributed by atoms with Crippen molar-refractivity contribution in [3.05, 3.63) is 70.3 Å². The van der Waals surface area contributed by atoms with E-state index in [1.807, 2.05) is 24.3 Å². The van der Waals surface area contributed by atoms with Gasteiger partial charge in [-0.1, -0.05) is 36.0 Å². The molecule has 9 heteroatoms. The number of hydrogen-bond donors (Lipinski definition) is 2. The Balaban J connectivity index is 1.48. The molecule has 0 aliphatic rings. The number of fused-ring (bicyclic) bond motifs is 1. The van der Waals surface area contributed by atoms with Gasteiger partial charge in [0.2, 0.25) is 0 Å². The number of benzene rings is 2. The smallest absolute Gasteiger partial charge is 0.276 e. The molecule has 2 N–H and O–H groups in total. The fourth-order valence-electron chi connectivity index (χ4n) is 2.26. The first-order chi connectivity index (χ1) is 13.1. The SMILES string of the molecule is O=C(CSc1nc2ccccc2[nH]1)NN=CC=Cc1ccccc1[N+](=O)[O-]. The number of imidazole rings is 1. The highest BCUT2D eigenvalue weighted by Crippen LogP contribution is 2.19. The molecule has 27 heavy (non-hydrogen) atoms. The van der Waals surface area contributed by atoms with Gasteiger partial charge in [0.1, 0.15) is 0 Å². The molecule has 1 heterocycles. The van der Waals surface area contributed by atoms with E-state index in [-0.39, 0.29) is 17.3 Å². The summed E-state index contributed by atoms with van der Waals surface area (Å²) < 4.78 is 0. The average Bonchev–Trinajstić information content (AvgIpc) is 3.09. The van der Waals surface area contributed by atoms with Gasteiger partial charge in [-0.05, 0) is 30.4 Å². The van der Waals surface area contributed by atoms with Gasteiger partial charge in [0, 0.05) is 12.3 Å². The van der Waals surface area contributed by atoms with Gasteiger partial charge in [-0.15, -0.1) is 0 Å². The first-order valence-corrected chi connectivity index (χ1v) is 8.91. The van der Waals surface area contributed by atoms with E-state index in [4.69, 9.17) is 0 Å². The van der Waals surface area contributed by atoms with Crippen LogP contribution in [0, 0.1) is 10.1 Å². The van der Waals surface area contributed by atoms with Crippen molar-refractivity contribution in [2.45, 2.75) is 5.16 Å². The summed E-state index contributed by atoms with van der Waals surface area (Å²) in [4.78, 5) is 29.8. The number of allylic oxidation sites excluding steroid dienone is 1. The summed E-state index contributed by atoms with van der Waals surface area (Å²) in [7, 11) is 0. The van der Waals surface area contributed by atoms with Gasteiger partial charge in [0.25, 0.3) is 11.6 Å². The van der Waals surface area contributed by atoms with Gasteiger partial charge in [-0.2, -0.15) is 5.10 Å². The third-order valence-corrected chi connectivity index (χ3v) is 4.34. The quantitative estimate of drug-likeness (QED) is 0.282. The van der Waals surface area contributed by atoms with E-state index in [0.717, 1.165) is 11.0 Å². The van der Waals surface area contributed by atoms with E-state index in [2.05, 4.69) is 20.5 Å². The molecule has 0 saturated carbocycles. The second kappa shape index (κ2) is 8.77. The fraction of sp³-hybridized carbons (Fsp3) is 0.0556. The number of hydrogen-bond acceptors (Lipinski definition) is 6. The van der Waals surface area contributed by atoms with Crippen LogP contribution in [0.25, 0.3) is 17.1 Å². The molecule has 0 radical (unpaired) electrons. The standard InChI is InChI=1S/C18H15N5O3S/c24-17(12-27-18-20-14-8-2-3-9-15(14)21-18)22-19-11-5-7-13-6-1-4-10-16(13)23(25)26/h1-11H,12H2,(H,20,21)(H,22,24). The summed E-state index contributed by atoms with van der Waals surface area (Å²) in [6, 6.07) is 14.0. The van der Waals surface area contributed by atoms with Crippen LogP contribution in [0.1, 0.15) is 5.56 Å². The van der Waals surface area contributed by atoms with Gasteiger partial charge in [-0.3, -0.25) is 14.9 Å². The average molecular weight is 381 g/mol. The number of carbonyl (C=O) groups is 1. The topological polar surface area (TPSA) is 113 Å².